The minimum atomic E-state index is -0.968. The van der Waals surface area contributed by atoms with E-state index in [1.165, 1.54) is 29.2 Å². The number of nitriles is 1. The Hall–Kier alpha value is -3.92. The van der Waals surface area contributed by atoms with Crippen LogP contribution in [0.5, 0.6) is 11.5 Å². The van der Waals surface area contributed by atoms with Gasteiger partial charge < -0.3 is 20.3 Å². The van der Waals surface area contributed by atoms with Crippen LogP contribution in [0.15, 0.2) is 53.0 Å². The second-order valence-electron chi connectivity index (χ2n) is 9.57. The first-order valence-corrected chi connectivity index (χ1v) is 15.8. The molecule has 0 spiro atoms. The summed E-state index contributed by atoms with van der Waals surface area (Å²) >= 11 is 8.31. The molecule has 1 aliphatic heterocycles. The molecule has 0 saturated carbocycles. The average Bonchev–Trinajstić information content (AvgIpc) is 2.95. The van der Waals surface area contributed by atoms with Gasteiger partial charge in [0.15, 0.2) is 11.6 Å². The van der Waals surface area contributed by atoms with Crippen molar-refractivity contribution in [1.82, 2.24) is 10.2 Å². The molecule has 220 valence electrons. The highest BCUT2D eigenvalue weighted by atomic mass is 79.9. The fraction of sp³-hybridized carbons (Fsp3) is 0.207. The summed E-state index contributed by atoms with van der Waals surface area (Å²) in [5.74, 6) is -1.29. The number of anilines is 1. The number of hydrogen-bond acceptors (Lipinski definition) is 6. The molecule has 2 N–H and O–H groups in total. The SMILES string of the molecule is Cc1cc(C(=O)NCCN2CC[SH4]C(=O)C2=O)ccc1NC(=O)Cc1ccc(Br)c(Oc2cc(Cl)cc(C#N)c2)c1F. The fourth-order valence-corrected chi connectivity index (χ4v) is 6.27. The third kappa shape index (κ3) is 7.67. The maximum Gasteiger partial charge on any atom is 0.297 e. The largest absolute Gasteiger partial charge is 0.453 e. The molecule has 0 atom stereocenters. The zero-order valence-corrected chi connectivity index (χ0v) is 26.2. The summed E-state index contributed by atoms with van der Waals surface area (Å²) < 4.78 is 21.4. The van der Waals surface area contributed by atoms with E-state index in [0.717, 1.165) is 5.75 Å². The van der Waals surface area contributed by atoms with Crippen molar-refractivity contribution in [3.63, 3.8) is 0 Å². The lowest BCUT2D eigenvalue weighted by Crippen LogP contribution is -2.45. The van der Waals surface area contributed by atoms with Gasteiger partial charge in [0, 0.05) is 41.5 Å². The number of amides is 3. The van der Waals surface area contributed by atoms with E-state index in [-0.39, 0.29) is 58.2 Å². The van der Waals surface area contributed by atoms with Gasteiger partial charge in [0.05, 0.1) is 22.5 Å². The lowest BCUT2D eigenvalue weighted by molar-refractivity contribution is -0.140. The van der Waals surface area contributed by atoms with Gasteiger partial charge in [-0.2, -0.15) is 5.26 Å². The summed E-state index contributed by atoms with van der Waals surface area (Å²) in [6.45, 7) is 2.74. The van der Waals surface area contributed by atoms with Crippen molar-refractivity contribution in [3.8, 4) is 17.6 Å². The molecular weight excluding hydrogens is 651 g/mol. The zero-order valence-electron chi connectivity index (χ0n) is 22.4. The summed E-state index contributed by atoms with van der Waals surface area (Å²) in [7, 11) is 0. The molecule has 3 amide bonds. The highest BCUT2D eigenvalue weighted by Crippen LogP contribution is 2.35. The van der Waals surface area contributed by atoms with Gasteiger partial charge in [0.2, 0.25) is 11.0 Å². The highest BCUT2D eigenvalue weighted by Gasteiger charge is 2.24. The van der Waals surface area contributed by atoms with E-state index in [0.29, 0.717) is 27.8 Å². The number of carbonyl (C=O) groups excluding carboxylic acids is 4. The van der Waals surface area contributed by atoms with Crippen LogP contribution in [0, 0.1) is 24.1 Å². The lowest BCUT2D eigenvalue weighted by Gasteiger charge is -2.26. The quantitative estimate of drug-likeness (QED) is 0.328. The van der Waals surface area contributed by atoms with Gasteiger partial charge in [-0.1, -0.05) is 17.7 Å². The molecule has 1 fully saturated rings. The van der Waals surface area contributed by atoms with Gasteiger partial charge in [-0.25, -0.2) is 16.2 Å². The molecule has 4 rings (SSSR count). The van der Waals surface area contributed by atoms with Crippen molar-refractivity contribution >= 4 is 67.8 Å². The highest BCUT2D eigenvalue weighted by molar-refractivity contribution is 9.10. The monoisotopic (exact) mass is 676 g/mol. The summed E-state index contributed by atoms with van der Waals surface area (Å²) in [6, 6.07) is 14.0. The number of aryl methyl sites for hydroxylation is 1. The molecule has 1 heterocycles. The smallest absolute Gasteiger partial charge is 0.297 e. The molecule has 9 nitrogen and oxygen atoms in total. The molecule has 42 heavy (non-hydrogen) atoms. The Bertz CT molecular complexity index is 1630. The number of benzene rings is 3. The third-order valence-electron chi connectivity index (χ3n) is 6.49. The predicted molar refractivity (Wildman–Crippen MR) is 166 cm³/mol. The molecular formula is C29H27BrClFN4O5S. The molecule has 13 heteroatoms. The Kier molecular flexibility index (Phi) is 10.2. The van der Waals surface area contributed by atoms with Crippen molar-refractivity contribution in [1.29, 1.82) is 5.26 Å². The summed E-state index contributed by atoms with van der Waals surface area (Å²) in [4.78, 5) is 50.4. The van der Waals surface area contributed by atoms with Crippen LogP contribution in [0.4, 0.5) is 10.1 Å². The van der Waals surface area contributed by atoms with Crippen molar-refractivity contribution in [2.75, 3.05) is 30.7 Å². The van der Waals surface area contributed by atoms with Crippen molar-refractivity contribution < 1.29 is 28.3 Å². The van der Waals surface area contributed by atoms with Crippen LogP contribution in [0.3, 0.4) is 0 Å². The molecule has 1 saturated heterocycles. The zero-order chi connectivity index (χ0) is 30.4. The first kappa shape index (κ1) is 31.0. The van der Waals surface area contributed by atoms with E-state index in [1.54, 1.807) is 31.2 Å². The van der Waals surface area contributed by atoms with E-state index in [9.17, 15) is 19.2 Å². The van der Waals surface area contributed by atoms with Crippen LogP contribution < -0.4 is 15.4 Å². The van der Waals surface area contributed by atoms with Crippen LogP contribution in [0.1, 0.15) is 27.0 Å². The minimum Gasteiger partial charge on any atom is -0.453 e. The number of rotatable bonds is 9. The molecule has 0 aliphatic carbocycles. The molecule has 0 bridgehead atoms. The number of ether oxygens (including phenoxy) is 1. The van der Waals surface area contributed by atoms with E-state index in [4.69, 9.17) is 21.6 Å². The van der Waals surface area contributed by atoms with Gasteiger partial charge in [0.1, 0.15) is 5.75 Å². The molecule has 3 aromatic rings. The van der Waals surface area contributed by atoms with E-state index in [1.807, 2.05) is 6.07 Å². The molecule has 1 aliphatic rings. The Balaban J connectivity index is 1.37. The van der Waals surface area contributed by atoms with Crippen molar-refractivity contribution in [3.05, 3.63) is 86.1 Å². The summed E-state index contributed by atoms with van der Waals surface area (Å²) in [5.41, 5.74) is 1.76. The maximum absolute atomic E-state index is 15.4. The first-order valence-electron chi connectivity index (χ1n) is 12.9. The van der Waals surface area contributed by atoms with Crippen molar-refractivity contribution in [2.45, 2.75) is 13.3 Å². The van der Waals surface area contributed by atoms with Crippen LogP contribution in [0.25, 0.3) is 0 Å². The number of hydrogen-bond donors (Lipinski definition) is 2. The van der Waals surface area contributed by atoms with Gasteiger partial charge >= 0.3 is 0 Å². The Morgan fingerprint density at radius 1 is 1.19 bits per heavy atom. The topological polar surface area (TPSA) is 129 Å². The van der Waals surface area contributed by atoms with Crippen LogP contribution >= 0.6 is 39.3 Å². The minimum absolute atomic E-state index is 0.0816. The molecule has 0 aromatic heterocycles. The number of nitrogens with zero attached hydrogens (tertiary/aromatic N) is 2. The van der Waals surface area contributed by atoms with Crippen LogP contribution in [-0.4, -0.2) is 53.1 Å². The summed E-state index contributed by atoms with van der Waals surface area (Å²) in [5, 5.41) is 14.6. The first-order chi connectivity index (χ1) is 20.0. The van der Waals surface area contributed by atoms with Gasteiger partial charge in [-0.15, -0.1) is 0 Å². The van der Waals surface area contributed by atoms with E-state index in [2.05, 4.69) is 26.6 Å². The van der Waals surface area contributed by atoms with E-state index < -0.39 is 29.4 Å². The molecule has 0 unspecified atom stereocenters. The van der Waals surface area contributed by atoms with Crippen LogP contribution in [0.2, 0.25) is 5.02 Å². The fourth-order valence-electron chi connectivity index (χ4n) is 4.36. The van der Waals surface area contributed by atoms with Gasteiger partial charge in [-0.3, -0.25) is 19.2 Å². The summed E-state index contributed by atoms with van der Waals surface area (Å²) in [6.07, 6.45) is -0.295. The molecule has 0 radical (unpaired) electrons. The maximum atomic E-state index is 15.4. The average molecular weight is 678 g/mol. The van der Waals surface area contributed by atoms with Gasteiger partial charge in [0.25, 0.3) is 11.8 Å². The van der Waals surface area contributed by atoms with Gasteiger partial charge in [-0.05, 0) is 76.6 Å². The Labute approximate surface area is 258 Å². The Morgan fingerprint density at radius 3 is 2.71 bits per heavy atom. The lowest BCUT2D eigenvalue weighted by atomic mass is 10.1. The van der Waals surface area contributed by atoms with Crippen LogP contribution in [-0.2, 0) is 20.8 Å². The number of nitrogens with one attached hydrogen (secondary N) is 2. The van der Waals surface area contributed by atoms with Crippen molar-refractivity contribution in [2.24, 2.45) is 0 Å². The predicted octanol–water partition coefficient (Wildman–Crippen LogP) is 4.16. The Morgan fingerprint density at radius 2 is 1.98 bits per heavy atom. The third-order valence-corrected chi connectivity index (χ3v) is 8.76. The second-order valence-corrected chi connectivity index (χ2v) is 12.7. The second kappa shape index (κ2) is 13.8. The standard InChI is InChI=1S/C29H27BrClFN4O5S/c1-16-10-19(27(38)34-6-7-36-8-9-42-29(40)28(36)39)3-5-23(16)35-24(37)13-18-2-4-22(30)26(25(18)32)41-21-12-17(15-33)11-20(31)14-21/h2-5,10-12,14H,6-9,13H2,1H3,42H4,(H,34,38)(H,35,37). The molecule has 3 aromatic carbocycles. The number of halogens is 3. The van der Waals surface area contributed by atoms with E-state index >= 15 is 4.39 Å². The normalized spacial score (nSPS) is 13.2. The number of carbonyl (C=O) groups is 4.